The SMILES string of the molecule is Cc1cc(C)n(-c2ccc(NC(=O)C3(F)CCCC3)cc2F)n1. The number of amides is 1. The van der Waals surface area contributed by atoms with E-state index in [1.54, 1.807) is 6.07 Å². The van der Waals surface area contributed by atoms with E-state index >= 15 is 0 Å². The lowest BCUT2D eigenvalue weighted by Crippen LogP contribution is -2.36. The number of hydrogen-bond acceptors (Lipinski definition) is 2. The van der Waals surface area contributed by atoms with Crippen LogP contribution in [0.2, 0.25) is 0 Å². The molecule has 0 radical (unpaired) electrons. The molecule has 1 heterocycles. The molecule has 1 aromatic heterocycles. The van der Waals surface area contributed by atoms with E-state index in [9.17, 15) is 13.6 Å². The summed E-state index contributed by atoms with van der Waals surface area (Å²) in [5, 5.41) is 6.72. The Morgan fingerprint density at radius 3 is 2.52 bits per heavy atom. The van der Waals surface area contributed by atoms with Crippen LogP contribution in [0.5, 0.6) is 0 Å². The molecule has 1 fully saturated rings. The molecule has 0 atom stereocenters. The number of aryl methyl sites for hydroxylation is 2. The number of carbonyl (C=O) groups excluding carboxylic acids is 1. The fraction of sp³-hybridized carbons (Fsp3) is 0.412. The van der Waals surface area contributed by atoms with Gasteiger partial charge in [0.25, 0.3) is 5.91 Å². The molecule has 23 heavy (non-hydrogen) atoms. The van der Waals surface area contributed by atoms with Gasteiger partial charge in [-0.2, -0.15) is 5.10 Å². The number of rotatable bonds is 3. The van der Waals surface area contributed by atoms with Crippen molar-refractivity contribution < 1.29 is 13.6 Å². The molecule has 0 aliphatic heterocycles. The standard InChI is InChI=1S/C17H19F2N3O/c1-11-9-12(2)22(21-11)15-6-5-13(10-14(15)18)20-16(23)17(19)7-3-4-8-17/h5-6,9-10H,3-4,7-8H2,1-2H3,(H,20,23). The van der Waals surface area contributed by atoms with Crippen LogP contribution in [0.4, 0.5) is 14.5 Å². The number of hydrogen-bond donors (Lipinski definition) is 1. The Balaban J connectivity index is 1.82. The van der Waals surface area contributed by atoms with E-state index in [0.29, 0.717) is 18.5 Å². The lowest BCUT2D eigenvalue weighted by molar-refractivity contribution is -0.127. The van der Waals surface area contributed by atoms with E-state index in [2.05, 4.69) is 10.4 Å². The third-order valence-electron chi connectivity index (χ3n) is 4.25. The zero-order chi connectivity index (χ0) is 16.6. The van der Waals surface area contributed by atoms with E-state index in [1.165, 1.54) is 16.8 Å². The van der Waals surface area contributed by atoms with Crippen LogP contribution in [-0.2, 0) is 4.79 Å². The van der Waals surface area contributed by atoms with Gasteiger partial charge < -0.3 is 5.32 Å². The summed E-state index contributed by atoms with van der Waals surface area (Å²) in [7, 11) is 0. The number of nitrogens with one attached hydrogen (secondary N) is 1. The van der Waals surface area contributed by atoms with Gasteiger partial charge in [-0.05, 0) is 63.8 Å². The Morgan fingerprint density at radius 1 is 1.26 bits per heavy atom. The Kier molecular flexibility index (Phi) is 3.92. The number of aromatic nitrogens is 2. The summed E-state index contributed by atoms with van der Waals surface area (Å²) in [5.74, 6) is -1.21. The summed E-state index contributed by atoms with van der Waals surface area (Å²) >= 11 is 0. The first-order valence-electron chi connectivity index (χ1n) is 7.73. The van der Waals surface area contributed by atoms with E-state index in [-0.39, 0.29) is 18.5 Å². The molecule has 2 aromatic rings. The summed E-state index contributed by atoms with van der Waals surface area (Å²) < 4.78 is 30.2. The van der Waals surface area contributed by atoms with Crippen LogP contribution in [-0.4, -0.2) is 21.4 Å². The highest BCUT2D eigenvalue weighted by atomic mass is 19.1. The Labute approximate surface area is 133 Å². The van der Waals surface area contributed by atoms with Crippen molar-refractivity contribution >= 4 is 11.6 Å². The van der Waals surface area contributed by atoms with Gasteiger partial charge in [-0.1, -0.05) is 0 Å². The second kappa shape index (κ2) is 5.76. The van der Waals surface area contributed by atoms with Crippen LogP contribution in [0.25, 0.3) is 5.69 Å². The monoisotopic (exact) mass is 319 g/mol. The Hall–Kier alpha value is -2.24. The molecule has 1 aliphatic rings. The van der Waals surface area contributed by atoms with Gasteiger partial charge in [-0.3, -0.25) is 4.79 Å². The van der Waals surface area contributed by atoms with Crippen LogP contribution >= 0.6 is 0 Å². The van der Waals surface area contributed by atoms with E-state index in [4.69, 9.17) is 0 Å². The lowest BCUT2D eigenvalue weighted by Gasteiger charge is -2.18. The molecular weight excluding hydrogens is 300 g/mol. The highest BCUT2D eigenvalue weighted by Gasteiger charge is 2.41. The Morgan fingerprint density at radius 2 is 1.96 bits per heavy atom. The molecular formula is C17H19F2N3O. The smallest absolute Gasteiger partial charge is 0.262 e. The maximum atomic E-state index is 14.4. The van der Waals surface area contributed by atoms with Crippen molar-refractivity contribution in [3.05, 3.63) is 41.5 Å². The van der Waals surface area contributed by atoms with E-state index in [0.717, 1.165) is 11.4 Å². The Bertz CT molecular complexity index is 748. The van der Waals surface area contributed by atoms with E-state index < -0.39 is 17.4 Å². The predicted molar refractivity (Wildman–Crippen MR) is 83.9 cm³/mol. The maximum absolute atomic E-state index is 14.4. The average molecular weight is 319 g/mol. The molecule has 6 heteroatoms. The summed E-state index contributed by atoms with van der Waals surface area (Å²) in [6, 6.07) is 6.14. The van der Waals surface area contributed by atoms with Crippen LogP contribution in [0.1, 0.15) is 37.1 Å². The third-order valence-corrected chi connectivity index (χ3v) is 4.25. The molecule has 1 amide bonds. The minimum Gasteiger partial charge on any atom is -0.323 e. The largest absolute Gasteiger partial charge is 0.323 e. The van der Waals surface area contributed by atoms with Gasteiger partial charge in [-0.25, -0.2) is 13.5 Å². The number of benzene rings is 1. The summed E-state index contributed by atoms with van der Waals surface area (Å²) in [6.45, 7) is 3.67. The molecule has 0 bridgehead atoms. The first-order chi connectivity index (χ1) is 10.9. The van der Waals surface area contributed by atoms with Gasteiger partial charge in [0.15, 0.2) is 11.5 Å². The van der Waals surface area contributed by atoms with Crippen molar-refractivity contribution in [3.63, 3.8) is 0 Å². The zero-order valence-electron chi connectivity index (χ0n) is 13.2. The van der Waals surface area contributed by atoms with Crippen molar-refractivity contribution in [2.75, 3.05) is 5.32 Å². The van der Waals surface area contributed by atoms with Crippen LogP contribution in [0.3, 0.4) is 0 Å². The second-order valence-corrected chi connectivity index (χ2v) is 6.13. The van der Waals surface area contributed by atoms with Crippen molar-refractivity contribution in [1.29, 1.82) is 0 Å². The number of anilines is 1. The van der Waals surface area contributed by atoms with Crippen molar-refractivity contribution in [1.82, 2.24) is 9.78 Å². The number of nitrogens with zero attached hydrogens (tertiary/aromatic N) is 2. The first-order valence-corrected chi connectivity index (χ1v) is 7.73. The van der Waals surface area contributed by atoms with Gasteiger partial charge in [0.05, 0.1) is 5.69 Å². The number of carbonyl (C=O) groups is 1. The van der Waals surface area contributed by atoms with E-state index in [1.807, 2.05) is 19.9 Å². The van der Waals surface area contributed by atoms with Crippen molar-refractivity contribution in [2.45, 2.75) is 45.2 Å². The van der Waals surface area contributed by atoms with Crippen molar-refractivity contribution in [3.8, 4) is 5.69 Å². The highest BCUT2D eigenvalue weighted by Crippen LogP contribution is 2.34. The van der Waals surface area contributed by atoms with Gasteiger partial charge in [-0.15, -0.1) is 0 Å². The predicted octanol–water partition coefficient (Wildman–Crippen LogP) is 3.85. The molecule has 0 spiro atoms. The molecule has 0 saturated heterocycles. The quantitative estimate of drug-likeness (QED) is 0.934. The topological polar surface area (TPSA) is 46.9 Å². The molecule has 1 aliphatic carbocycles. The van der Waals surface area contributed by atoms with Crippen LogP contribution in [0, 0.1) is 19.7 Å². The number of alkyl halides is 1. The molecule has 1 saturated carbocycles. The third kappa shape index (κ3) is 2.98. The number of halogens is 2. The fourth-order valence-electron chi connectivity index (χ4n) is 3.03. The van der Waals surface area contributed by atoms with Gasteiger partial charge >= 0.3 is 0 Å². The summed E-state index contributed by atoms with van der Waals surface area (Å²) in [4.78, 5) is 12.0. The molecule has 1 aromatic carbocycles. The first kappa shape index (κ1) is 15.6. The van der Waals surface area contributed by atoms with Gasteiger partial charge in [0.1, 0.15) is 5.69 Å². The maximum Gasteiger partial charge on any atom is 0.262 e. The fourth-order valence-corrected chi connectivity index (χ4v) is 3.03. The summed E-state index contributed by atoms with van der Waals surface area (Å²) in [6.07, 6.45) is 1.86. The average Bonchev–Trinajstić information content (AvgIpc) is 3.06. The van der Waals surface area contributed by atoms with Crippen molar-refractivity contribution in [2.24, 2.45) is 0 Å². The normalized spacial score (nSPS) is 16.5. The summed E-state index contributed by atoms with van der Waals surface area (Å²) in [5.41, 5.74) is 0.322. The lowest BCUT2D eigenvalue weighted by atomic mass is 10.0. The van der Waals surface area contributed by atoms with Crippen LogP contribution in [0.15, 0.2) is 24.3 Å². The molecule has 1 N–H and O–H groups in total. The highest BCUT2D eigenvalue weighted by molar-refractivity contribution is 5.97. The molecule has 0 unspecified atom stereocenters. The molecule has 3 rings (SSSR count). The molecule has 122 valence electrons. The zero-order valence-corrected chi connectivity index (χ0v) is 13.2. The minimum atomic E-state index is -1.83. The van der Waals surface area contributed by atoms with Gasteiger partial charge in [0, 0.05) is 11.4 Å². The minimum absolute atomic E-state index is 0.227. The van der Waals surface area contributed by atoms with Crippen LogP contribution < -0.4 is 5.32 Å². The second-order valence-electron chi connectivity index (χ2n) is 6.13. The molecule has 4 nitrogen and oxygen atoms in total. The van der Waals surface area contributed by atoms with Gasteiger partial charge in [0.2, 0.25) is 0 Å².